The van der Waals surface area contributed by atoms with E-state index >= 15 is 0 Å². The molecule has 0 radical (unpaired) electrons. The van der Waals surface area contributed by atoms with Crippen molar-refractivity contribution in [3.8, 4) is 5.75 Å². The molecule has 1 N–H and O–H groups in total. The minimum atomic E-state index is -2.61. The summed E-state index contributed by atoms with van der Waals surface area (Å²) in [5.41, 5.74) is 0. The molecule has 1 aliphatic carbocycles. The Morgan fingerprint density at radius 2 is 2.12 bits per heavy atom. The van der Waals surface area contributed by atoms with Crippen LogP contribution in [0.15, 0.2) is 18.3 Å². The van der Waals surface area contributed by atoms with Gasteiger partial charge in [-0.1, -0.05) is 0 Å². The summed E-state index contributed by atoms with van der Waals surface area (Å²) in [5, 5.41) is 2.73. The van der Waals surface area contributed by atoms with Gasteiger partial charge < -0.3 is 10.1 Å². The number of likely N-dealkylation sites (tertiary alicyclic amines) is 1. The first-order valence-corrected chi connectivity index (χ1v) is 8.44. The molecule has 132 valence electrons. The predicted molar refractivity (Wildman–Crippen MR) is 86.3 cm³/mol. The van der Waals surface area contributed by atoms with Crippen molar-refractivity contribution >= 4 is 11.7 Å². The van der Waals surface area contributed by atoms with Crippen LogP contribution in [0.1, 0.15) is 32.6 Å². The van der Waals surface area contributed by atoms with Crippen molar-refractivity contribution in [2.45, 2.75) is 44.6 Å². The number of hydrogen-bond donors (Lipinski definition) is 1. The minimum absolute atomic E-state index is 0.199. The summed E-state index contributed by atoms with van der Waals surface area (Å²) in [5.74, 6) is -1.05. The number of alkyl halides is 2. The zero-order chi connectivity index (χ0) is 17.2. The molecule has 0 bridgehead atoms. The molecule has 1 atom stereocenters. The molecule has 5 nitrogen and oxygen atoms in total. The predicted octanol–water partition coefficient (Wildman–Crippen LogP) is 2.93. The summed E-state index contributed by atoms with van der Waals surface area (Å²) in [7, 11) is 0. The summed E-state index contributed by atoms with van der Waals surface area (Å²) in [4.78, 5) is 18.2. The topological polar surface area (TPSA) is 54.5 Å². The Labute approximate surface area is 140 Å². The van der Waals surface area contributed by atoms with E-state index in [4.69, 9.17) is 4.74 Å². The molecule has 1 saturated carbocycles. The van der Waals surface area contributed by atoms with Gasteiger partial charge in [-0.2, -0.15) is 0 Å². The second kappa shape index (κ2) is 7.01. The standard InChI is InChI=1S/C17H23F2N3O2/c1-12(22-8-6-17(18,19)7-9-22)16(23)21-15-5-4-14(10-20-15)24-11-13-2-3-13/h4-5,10,12-13H,2-3,6-9,11H2,1H3,(H,20,21,23)/t12-/m0/s1. The minimum Gasteiger partial charge on any atom is -0.492 e. The van der Waals surface area contributed by atoms with Gasteiger partial charge in [-0.05, 0) is 37.8 Å². The highest BCUT2D eigenvalue weighted by atomic mass is 19.3. The Morgan fingerprint density at radius 3 is 2.71 bits per heavy atom. The molecule has 3 rings (SSSR count). The molecular weight excluding hydrogens is 316 g/mol. The zero-order valence-electron chi connectivity index (χ0n) is 13.8. The number of carbonyl (C=O) groups is 1. The summed E-state index contributed by atoms with van der Waals surface area (Å²) in [6.07, 6.45) is 3.64. The van der Waals surface area contributed by atoms with Crippen molar-refractivity contribution in [3.63, 3.8) is 0 Å². The normalized spacial score (nSPS) is 22.0. The highest BCUT2D eigenvalue weighted by molar-refractivity contribution is 5.93. The average Bonchev–Trinajstić information content (AvgIpc) is 3.38. The van der Waals surface area contributed by atoms with E-state index in [0.717, 1.165) is 0 Å². The number of pyridine rings is 1. The first kappa shape index (κ1) is 17.1. The smallest absolute Gasteiger partial charge is 0.250 e. The number of nitrogens with one attached hydrogen (secondary N) is 1. The number of nitrogens with zero attached hydrogens (tertiary/aromatic N) is 2. The zero-order valence-corrected chi connectivity index (χ0v) is 13.8. The third-order valence-electron chi connectivity index (χ3n) is 4.63. The van der Waals surface area contributed by atoms with Crippen LogP contribution in [-0.2, 0) is 4.79 Å². The van der Waals surface area contributed by atoms with Crippen molar-refractivity contribution in [2.24, 2.45) is 5.92 Å². The van der Waals surface area contributed by atoms with Crippen molar-refractivity contribution in [1.29, 1.82) is 0 Å². The van der Waals surface area contributed by atoms with Crippen LogP contribution >= 0.6 is 0 Å². The maximum atomic E-state index is 13.2. The fourth-order valence-electron chi connectivity index (χ4n) is 2.67. The number of amides is 1. The van der Waals surface area contributed by atoms with Gasteiger partial charge in [0, 0.05) is 25.9 Å². The van der Waals surface area contributed by atoms with E-state index in [1.165, 1.54) is 12.8 Å². The molecule has 0 spiro atoms. The van der Waals surface area contributed by atoms with Crippen LogP contribution in [0.2, 0.25) is 0 Å². The Hall–Kier alpha value is -1.76. The Morgan fingerprint density at radius 1 is 1.42 bits per heavy atom. The fraction of sp³-hybridized carbons (Fsp3) is 0.647. The van der Waals surface area contributed by atoms with Crippen molar-refractivity contribution in [1.82, 2.24) is 9.88 Å². The van der Waals surface area contributed by atoms with Gasteiger partial charge >= 0.3 is 0 Å². The van der Waals surface area contributed by atoms with Gasteiger partial charge in [0.15, 0.2) is 0 Å². The Bertz CT molecular complexity index is 566. The molecule has 1 amide bonds. The van der Waals surface area contributed by atoms with Crippen LogP contribution in [0.3, 0.4) is 0 Å². The second-order valence-electron chi connectivity index (χ2n) is 6.69. The van der Waals surface area contributed by atoms with Crippen LogP contribution in [0.5, 0.6) is 5.75 Å². The number of piperidine rings is 1. The van der Waals surface area contributed by atoms with Crippen LogP contribution in [0.4, 0.5) is 14.6 Å². The van der Waals surface area contributed by atoms with E-state index in [0.29, 0.717) is 24.1 Å². The molecule has 2 aliphatic rings. The van der Waals surface area contributed by atoms with Gasteiger partial charge in [-0.15, -0.1) is 0 Å². The molecule has 1 aromatic heterocycles. The van der Waals surface area contributed by atoms with Crippen LogP contribution in [0.25, 0.3) is 0 Å². The van der Waals surface area contributed by atoms with E-state index in [-0.39, 0.29) is 31.8 Å². The lowest BCUT2D eigenvalue weighted by Crippen LogP contribution is -2.48. The van der Waals surface area contributed by atoms with E-state index in [1.807, 2.05) is 0 Å². The van der Waals surface area contributed by atoms with Crippen molar-refractivity contribution < 1.29 is 18.3 Å². The van der Waals surface area contributed by atoms with Gasteiger partial charge in [0.1, 0.15) is 11.6 Å². The van der Waals surface area contributed by atoms with Gasteiger partial charge in [-0.3, -0.25) is 9.69 Å². The summed E-state index contributed by atoms with van der Waals surface area (Å²) >= 11 is 0. The summed E-state index contributed by atoms with van der Waals surface area (Å²) in [6, 6.07) is 3.00. The van der Waals surface area contributed by atoms with Gasteiger partial charge in [-0.25, -0.2) is 13.8 Å². The lowest BCUT2D eigenvalue weighted by molar-refractivity contribution is -0.124. The highest BCUT2D eigenvalue weighted by Crippen LogP contribution is 2.30. The second-order valence-corrected chi connectivity index (χ2v) is 6.69. The van der Waals surface area contributed by atoms with Crippen LogP contribution < -0.4 is 10.1 Å². The molecule has 1 aliphatic heterocycles. The number of halogens is 2. The third kappa shape index (κ3) is 4.63. The number of ether oxygens (including phenoxy) is 1. The highest BCUT2D eigenvalue weighted by Gasteiger charge is 2.36. The van der Waals surface area contributed by atoms with E-state index < -0.39 is 12.0 Å². The quantitative estimate of drug-likeness (QED) is 0.866. The first-order valence-electron chi connectivity index (χ1n) is 8.44. The molecule has 2 fully saturated rings. The number of aromatic nitrogens is 1. The molecule has 0 aromatic carbocycles. The molecule has 24 heavy (non-hydrogen) atoms. The molecule has 1 aromatic rings. The van der Waals surface area contributed by atoms with E-state index in [1.54, 1.807) is 30.2 Å². The average molecular weight is 339 g/mol. The SMILES string of the molecule is C[C@@H](C(=O)Nc1ccc(OCC2CC2)cn1)N1CCC(F)(F)CC1. The molecule has 2 heterocycles. The number of anilines is 1. The Kier molecular flexibility index (Phi) is 4.99. The van der Waals surface area contributed by atoms with Crippen LogP contribution in [-0.4, -0.2) is 47.5 Å². The molecule has 7 heteroatoms. The fourth-order valence-corrected chi connectivity index (χ4v) is 2.67. The van der Waals surface area contributed by atoms with E-state index in [9.17, 15) is 13.6 Å². The Balaban J connectivity index is 1.48. The van der Waals surface area contributed by atoms with E-state index in [2.05, 4.69) is 10.3 Å². The number of carbonyl (C=O) groups excluding carboxylic acids is 1. The van der Waals surface area contributed by atoms with Crippen LogP contribution in [0, 0.1) is 5.92 Å². The summed E-state index contributed by atoms with van der Waals surface area (Å²) < 4.78 is 32.0. The van der Waals surface area contributed by atoms with Gasteiger partial charge in [0.25, 0.3) is 5.92 Å². The van der Waals surface area contributed by atoms with Gasteiger partial charge in [0.05, 0.1) is 18.8 Å². The molecular formula is C17H23F2N3O2. The monoisotopic (exact) mass is 339 g/mol. The van der Waals surface area contributed by atoms with Crippen molar-refractivity contribution in [2.75, 3.05) is 25.0 Å². The number of hydrogen-bond acceptors (Lipinski definition) is 4. The van der Waals surface area contributed by atoms with Gasteiger partial charge in [0.2, 0.25) is 5.91 Å². The largest absolute Gasteiger partial charge is 0.492 e. The molecule has 1 saturated heterocycles. The molecule has 0 unspecified atom stereocenters. The van der Waals surface area contributed by atoms with Crippen molar-refractivity contribution in [3.05, 3.63) is 18.3 Å². The number of rotatable bonds is 6. The maximum Gasteiger partial charge on any atom is 0.250 e. The lowest BCUT2D eigenvalue weighted by Gasteiger charge is -2.34. The maximum absolute atomic E-state index is 13.2. The lowest BCUT2D eigenvalue weighted by atomic mass is 10.0. The first-order chi connectivity index (χ1) is 11.4. The third-order valence-corrected chi connectivity index (χ3v) is 4.63. The summed E-state index contributed by atoms with van der Waals surface area (Å²) in [6.45, 7) is 2.89.